The summed E-state index contributed by atoms with van der Waals surface area (Å²) in [6.45, 7) is 1.66. The van der Waals surface area contributed by atoms with Crippen molar-refractivity contribution in [2.75, 3.05) is 0 Å². The molecular weight excluding hydrogens is 211 g/mol. The van der Waals surface area contributed by atoms with Crippen LogP contribution in [0.1, 0.15) is 11.3 Å². The lowest BCUT2D eigenvalue weighted by Crippen LogP contribution is -1.91. The lowest BCUT2D eigenvalue weighted by Gasteiger charge is -1.97. The molecule has 56 valence electrons. The summed E-state index contributed by atoms with van der Waals surface area (Å²) in [5.74, 6) is -0.507. The van der Waals surface area contributed by atoms with E-state index < -0.39 is 5.82 Å². The van der Waals surface area contributed by atoms with Gasteiger partial charge in [-0.05, 0) is 28.9 Å². The number of hydrogen-bond donors (Lipinski definition) is 0. The second kappa shape index (κ2) is 2.97. The zero-order chi connectivity index (χ0) is 8.43. The van der Waals surface area contributed by atoms with Crippen molar-refractivity contribution in [3.05, 3.63) is 27.7 Å². The molecule has 1 rings (SSSR count). The minimum absolute atomic E-state index is 0.147. The Hall–Kier alpha value is -0.950. The summed E-state index contributed by atoms with van der Waals surface area (Å²) < 4.78 is 12.8. The average molecular weight is 215 g/mol. The van der Waals surface area contributed by atoms with Gasteiger partial charge in [0.25, 0.3) is 0 Å². The topological polar surface area (TPSA) is 36.7 Å². The van der Waals surface area contributed by atoms with Crippen LogP contribution in [-0.4, -0.2) is 4.98 Å². The summed E-state index contributed by atoms with van der Waals surface area (Å²) in [7, 11) is 0. The predicted molar refractivity (Wildman–Crippen MR) is 41.3 cm³/mol. The number of aryl methyl sites for hydroxylation is 1. The van der Waals surface area contributed by atoms with E-state index in [0.717, 1.165) is 6.07 Å². The zero-order valence-corrected chi connectivity index (χ0v) is 7.31. The lowest BCUT2D eigenvalue weighted by molar-refractivity contribution is 0.611. The van der Waals surface area contributed by atoms with Gasteiger partial charge in [0.2, 0.25) is 0 Å². The van der Waals surface area contributed by atoms with Gasteiger partial charge in [-0.25, -0.2) is 9.37 Å². The van der Waals surface area contributed by atoms with Crippen molar-refractivity contribution in [1.82, 2.24) is 4.98 Å². The predicted octanol–water partition coefficient (Wildman–Crippen LogP) is 2.16. The van der Waals surface area contributed by atoms with Crippen LogP contribution in [0.25, 0.3) is 0 Å². The molecule has 0 aliphatic heterocycles. The zero-order valence-electron chi connectivity index (χ0n) is 5.73. The number of nitrogens with zero attached hydrogens (tertiary/aromatic N) is 2. The average Bonchev–Trinajstić information content (AvgIpc) is 1.97. The number of rotatable bonds is 0. The molecule has 11 heavy (non-hydrogen) atoms. The van der Waals surface area contributed by atoms with E-state index in [1.54, 1.807) is 6.92 Å². The molecule has 2 nitrogen and oxygen atoms in total. The highest BCUT2D eigenvalue weighted by atomic mass is 79.9. The Balaban J connectivity index is 3.35. The summed E-state index contributed by atoms with van der Waals surface area (Å²) in [6.07, 6.45) is 0. The van der Waals surface area contributed by atoms with Crippen molar-refractivity contribution in [2.24, 2.45) is 0 Å². The smallest absolute Gasteiger partial charge is 0.157 e. The Morgan fingerprint density at radius 3 is 2.91 bits per heavy atom. The SMILES string of the molecule is Cc1nc(Br)c(F)cc1C#N. The fourth-order valence-electron chi connectivity index (χ4n) is 0.665. The molecule has 1 aromatic rings. The van der Waals surface area contributed by atoms with Gasteiger partial charge in [0.05, 0.1) is 11.3 Å². The standard InChI is InChI=1S/C7H4BrFN2/c1-4-5(3-10)2-6(9)7(8)11-4/h2H,1H3. The van der Waals surface area contributed by atoms with Crippen LogP contribution >= 0.6 is 15.9 Å². The molecule has 0 fully saturated rings. The van der Waals surface area contributed by atoms with Crippen molar-refractivity contribution < 1.29 is 4.39 Å². The van der Waals surface area contributed by atoms with Crippen molar-refractivity contribution in [3.63, 3.8) is 0 Å². The molecule has 0 aliphatic carbocycles. The van der Waals surface area contributed by atoms with Gasteiger partial charge < -0.3 is 0 Å². The van der Waals surface area contributed by atoms with Gasteiger partial charge in [-0.15, -0.1) is 0 Å². The Kier molecular flexibility index (Phi) is 2.20. The maximum absolute atomic E-state index is 12.7. The van der Waals surface area contributed by atoms with Crippen molar-refractivity contribution in [3.8, 4) is 6.07 Å². The van der Waals surface area contributed by atoms with Crippen LogP contribution in [0.3, 0.4) is 0 Å². The van der Waals surface area contributed by atoms with Gasteiger partial charge in [0.15, 0.2) is 5.82 Å². The molecule has 0 atom stereocenters. The van der Waals surface area contributed by atoms with Crippen LogP contribution in [0.15, 0.2) is 10.7 Å². The molecule has 0 N–H and O–H groups in total. The first-order valence-corrected chi connectivity index (χ1v) is 3.67. The van der Waals surface area contributed by atoms with E-state index >= 15 is 0 Å². The molecule has 0 unspecified atom stereocenters. The molecule has 0 aromatic carbocycles. The van der Waals surface area contributed by atoms with Crippen LogP contribution in [0.2, 0.25) is 0 Å². The van der Waals surface area contributed by atoms with Gasteiger partial charge in [-0.2, -0.15) is 5.26 Å². The van der Waals surface area contributed by atoms with Gasteiger partial charge in [0.1, 0.15) is 10.7 Å². The van der Waals surface area contributed by atoms with E-state index in [-0.39, 0.29) is 10.2 Å². The Morgan fingerprint density at radius 2 is 2.36 bits per heavy atom. The molecule has 1 aromatic heterocycles. The van der Waals surface area contributed by atoms with Crippen molar-refractivity contribution >= 4 is 15.9 Å². The molecule has 0 aliphatic rings. The number of pyridine rings is 1. The first kappa shape index (κ1) is 8.15. The number of aromatic nitrogens is 1. The number of halogens is 2. The third kappa shape index (κ3) is 1.55. The molecule has 0 saturated heterocycles. The second-order valence-corrected chi connectivity index (χ2v) is 2.76. The van der Waals surface area contributed by atoms with Crippen molar-refractivity contribution in [2.45, 2.75) is 6.92 Å². The van der Waals surface area contributed by atoms with Crippen LogP contribution in [-0.2, 0) is 0 Å². The van der Waals surface area contributed by atoms with E-state index in [2.05, 4.69) is 20.9 Å². The van der Waals surface area contributed by atoms with Crippen molar-refractivity contribution in [1.29, 1.82) is 5.26 Å². The van der Waals surface area contributed by atoms with Gasteiger partial charge >= 0.3 is 0 Å². The third-order valence-corrected chi connectivity index (χ3v) is 1.80. The van der Waals surface area contributed by atoms with Gasteiger partial charge in [-0.1, -0.05) is 0 Å². The lowest BCUT2D eigenvalue weighted by atomic mass is 10.2. The monoisotopic (exact) mass is 214 g/mol. The van der Waals surface area contributed by atoms with Crippen LogP contribution in [0.5, 0.6) is 0 Å². The largest absolute Gasteiger partial charge is 0.242 e. The van der Waals surface area contributed by atoms with Crippen LogP contribution < -0.4 is 0 Å². The van der Waals surface area contributed by atoms with Crippen LogP contribution in [0, 0.1) is 24.1 Å². The normalized spacial score (nSPS) is 9.27. The van der Waals surface area contributed by atoms with Crippen LogP contribution in [0.4, 0.5) is 4.39 Å². The van der Waals surface area contributed by atoms with E-state index in [1.165, 1.54) is 0 Å². The highest BCUT2D eigenvalue weighted by Gasteiger charge is 2.05. The number of nitriles is 1. The molecule has 0 spiro atoms. The van der Waals surface area contributed by atoms with E-state index in [4.69, 9.17) is 5.26 Å². The Bertz CT molecular complexity index is 330. The fraction of sp³-hybridized carbons (Fsp3) is 0.143. The highest BCUT2D eigenvalue weighted by molar-refractivity contribution is 9.10. The Labute approximate surface area is 71.8 Å². The number of hydrogen-bond acceptors (Lipinski definition) is 2. The highest BCUT2D eigenvalue weighted by Crippen LogP contribution is 2.15. The Morgan fingerprint density at radius 1 is 1.73 bits per heavy atom. The minimum Gasteiger partial charge on any atom is -0.242 e. The molecule has 1 heterocycles. The third-order valence-electron chi connectivity index (χ3n) is 1.24. The first-order chi connectivity index (χ1) is 5.15. The summed E-state index contributed by atoms with van der Waals surface area (Å²) in [5.41, 5.74) is 0.798. The maximum atomic E-state index is 12.7. The molecule has 4 heteroatoms. The van der Waals surface area contributed by atoms with Gasteiger partial charge in [0, 0.05) is 0 Å². The summed E-state index contributed by atoms with van der Waals surface area (Å²) in [6, 6.07) is 3.00. The quantitative estimate of drug-likeness (QED) is 0.621. The summed E-state index contributed by atoms with van der Waals surface area (Å²) in [5, 5.41) is 8.46. The maximum Gasteiger partial charge on any atom is 0.157 e. The molecule has 0 bridgehead atoms. The fourth-order valence-corrected chi connectivity index (χ4v) is 1.05. The van der Waals surface area contributed by atoms with E-state index in [0.29, 0.717) is 5.69 Å². The minimum atomic E-state index is -0.507. The molecule has 0 saturated carbocycles. The second-order valence-electron chi connectivity index (χ2n) is 2.01. The van der Waals surface area contributed by atoms with E-state index in [9.17, 15) is 4.39 Å². The first-order valence-electron chi connectivity index (χ1n) is 2.88. The molecule has 0 radical (unpaired) electrons. The van der Waals surface area contributed by atoms with Gasteiger partial charge in [-0.3, -0.25) is 0 Å². The summed E-state index contributed by atoms with van der Waals surface area (Å²) in [4.78, 5) is 3.76. The molecular formula is C7H4BrFN2. The van der Waals surface area contributed by atoms with E-state index in [1.807, 2.05) is 6.07 Å². The summed E-state index contributed by atoms with van der Waals surface area (Å²) >= 11 is 2.91. The molecule has 0 amide bonds.